The van der Waals surface area contributed by atoms with E-state index in [2.05, 4.69) is 10.1 Å². The molecule has 1 aromatic carbocycles. The molecule has 0 aliphatic rings. The molecule has 0 saturated heterocycles. The Morgan fingerprint density at radius 3 is 2.54 bits per heavy atom. The Bertz CT molecular complexity index is 847. The molecular formula is C20H22FNO6. The van der Waals surface area contributed by atoms with E-state index in [1.54, 1.807) is 13.0 Å². The number of hydrogen-bond donors (Lipinski definition) is 1. The van der Waals surface area contributed by atoms with E-state index in [1.807, 2.05) is 6.92 Å². The highest BCUT2D eigenvalue weighted by atomic mass is 19.1. The predicted octanol–water partition coefficient (Wildman–Crippen LogP) is 2.95. The summed E-state index contributed by atoms with van der Waals surface area (Å²) >= 11 is 0. The van der Waals surface area contributed by atoms with Gasteiger partial charge in [0.15, 0.2) is 6.61 Å². The third kappa shape index (κ3) is 5.18. The maximum absolute atomic E-state index is 13.8. The summed E-state index contributed by atoms with van der Waals surface area (Å²) in [5.41, 5.74) is 0.203. The molecule has 0 radical (unpaired) electrons. The van der Waals surface area contributed by atoms with Crippen molar-refractivity contribution in [1.29, 1.82) is 0 Å². The van der Waals surface area contributed by atoms with Crippen LogP contribution in [0, 0.1) is 11.7 Å². The van der Waals surface area contributed by atoms with Gasteiger partial charge in [0.25, 0.3) is 5.91 Å². The topological polar surface area (TPSA) is 94.8 Å². The highest BCUT2D eigenvalue weighted by Gasteiger charge is 2.27. The minimum atomic E-state index is -0.879. The summed E-state index contributed by atoms with van der Waals surface area (Å²) in [5.74, 6) is -2.75. The highest BCUT2D eigenvalue weighted by Crippen LogP contribution is 2.25. The summed E-state index contributed by atoms with van der Waals surface area (Å²) < 4.78 is 28.7. The normalized spacial score (nSPS) is 12.7. The van der Waals surface area contributed by atoms with Crippen molar-refractivity contribution in [1.82, 2.24) is 5.32 Å². The van der Waals surface area contributed by atoms with Crippen molar-refractivity contribution in [2.45, 2.75) is 26.3 Å². The molecule has 0 spiro atoms. The molecule has 8 heteroatoms. The van der Waals surface area contributed by atoms with Crippen LogP contribution >= 0.6 is 0 Å². The quantitative estimate of drug-likeness (QED) is 0.695. The number of esters is 2. The third-order valence-electron chi connectivity index (χ3n) is 4.27. The molecule has 0 saturated carbocycles. The standard InChI is InChI=1S/C20H22FNO6/c1-4-12(2)18(20(25)26-3)22-17(23)11-27-19(24)16-10-9-15(28-16)13-7-5-6-8-14(13)21/h5-10,12,18H,4,11H2,1-3H3,(H,22,23). The Balaban J connectivity index is 1.96. The van der Waals surface area contributed by atoms with Crippen LogP contribution in [0.2, 0.25) is 0 Å². The van der Waals surface area contributed by atoms with Crippen molar-refractivity contribution < 1.29 is 32.7 Å². The van der Waals surface area contributed by atoms with E-state index < -0.39 is 36.3 Å². The number of ether oxygens (including phenoxy) is 2. The van der Waals surface area contributed by atoms with Crippen molar-refractivity contribution >= 4 is 17.8 Å². The lowest BCUT2D eigenvalue weighted by Gasteiger charge is -2.21. The van der Waals surface area contributed by atoms with Crippen LogP contribution in [0.5, 0.6) is 0 Å². The lowest BCUT2D eigenvalue weighted by molar-refractivity contribution is -0.147. The Morgan fingerprint density at radius 1 is 1.18 bits per heavy atom. The zero-order valence-electron chi connectivity index (χ0n) is 15.9. The van der Waals surface area contributed by atoms with Gasteiger partial charge in [-0.2, -0.15) is 0 Å². The van der Waals surface area contributed by atoms with Crippen LogP contribution in [0.15, 0.2) is 40.8 Å². The smallest absolute Gasteiger partial charge is 0.374 e. The van der Waals surface area contributed by atoms with E-state index in [-0.39, 0.29) is 23.0 Å². The van der Waals surface area contributed by atoms with Crippen LogP contribution in [0.4, 0.5) is 4.39 Å². The highest BCUT2D eigenvalue weighted by molar-refractivity contribution is 5.90. The van der Waals surface area contributed by atoms with Crippen LogP contribution in [0.1, 0.15) is 30.8 Å². The number of halogens is 1. The van der Waals surface area contributed by atoms with Crippen molar-refractivity contribution in [2.75, 3.05) is 13.7 Å². The second kappa shape index (κ2) is 9.68. The van der Waals surface area contributed by atoms with Crippen LogP contribution in [-0.4, -0.2) is 37.6 Å². The first-order valence-electron chi connectivity index (χ1n) is 8.76. The third-order valence-corrected chi connectivity index (χ3v) is 4.27. The van der Waals surface area contributed by atoms with Crippen LogP contribution < -0.4 is 5.32 Å². The summed E-state index contributed by atoms with van der Waals surface area (Å²) in [5, 5.41) is 2.49. The second-order valence-corrected chi connectivity index (χ2v) is 6.17. The van der Waals surface area contributed by atoms with Crippen LogP contribution in [-0.2, 0) is 19.1 Å². The maximum Gasteiger partial charge on any atom is 0.374 e. The Hall–Kier alpha value is -3.16. The number of rotatable bonds is 8. The fraction of sp³-hybridized carbons (Fsp3) is 0.350. The Kier molecular flexibility index (Phi) is 7.31. The van der Waals surface area contributed by atoms with Gasteiger partial charge in [0.1, 0.15) is 17.6 Å². The number of furan rings is 1. The summed E-state index contributed by atoms with van der Waals surface area (Å²) in [6, 6.07) is 7.89. The van der Waals surface area contributed by atoms with Gasteiger partial charge >= 0.3 is 11.9 Å². The molecular weight excluding hydrogens is 369 g/mol. The zero-order chi connectivity index (χ0) is 20.7. The molecule has 1 aromatic heterocycles. The Morgan fingerprint density at radius 2 is 1.89 bits per heavy atom. The van der Waals surface area contributed by atoms with E-state index in [9.17, 15) is 18.8 Å². The van der Waals surface area contributed by atoms with Gasteiger partial charge in [-0.1, -0.05) is 32.4 Å². The van der Waals surface area contributed by atoms with Gasteiger partial charge in [-0.25, -0.2) is 14.0 Å². The molecule has 1 amide bonds. The van der Waals surface area contributed by atoms with Gasteiger partial charge in [0, 0.05) is 0 Å². The fourth-order valence-corrected chi connectivity index (χ4v) is 2.47. The van der Waals surface area contributed by atoms with Crippen molar-refractivity contribution in [2.24, 2.45) is 5.92 Å². The molecule has 2 rings (SSSR count). The van der Waals surface area contributed by atoms with Gasteiger partial charge in [-0.3, -0.25) is 4.79 Å². The number of nitrogens with one attached hydrogen (secondary N) is 1. The summed E-state index contributed by atoms with van der Waals surface area (Å²) in [7, 11) is 1.23. The SMILES string of the molecule is CCC(C)C(NC(=O)COC(=O)c1ccc(-c2ccccc2F)o1)C(=O)OC. The van der Waals surface area contributed by atoms with Crippen LogP contribution in [0.25, 0.3) is 11.3 Å². The number of carbonyl (C=O) groups excluding carboxylic acids is 3. The minimum Gasteiger partial charge on any atom is -0.467 e. The van der Waals surface area contributed by atoms with E-state index in [0.717, 1.165) is 0 Å². The number of hydrogen-bond acceptors (Lipinski definition) is 6. The fourth-order valence-electron chi connectivity index (χ4n) is 2.47. The van der Waals surface area contributed by atoms with Gasteiger partial charge in [-0.15, -0.1) is 0 Å². The van der Waals surface area contributed by atoms with E-state index >= 15 is 0 Å². The largest absolute Gasteiger partial charge is 0.467 e. The molecule has 2 unspecified atom stereocenters. The molecule has 0 fully saturated rings. The van der Waals surface area contributed by atoms with Gasteiger partial charge < -0.3 is 19.2 Å². The van der Waals surface area contributed by atoms with E-state index in [1.165, 1.54) is 37.4 Å². The maximum atomic E-state index is 13.8. The van der Waals surface area contributed by atoms with Gasteiger partial charge in [-0.05, 0) is 30.2 Å². The first-order valence-corrected chi connectivity index (χ1v) is 8.76. The second-order valence-electron chi connectivity index (χ2n) is 6.17. The number of benzene rings is 1. The molecule has 0 aliphatic heterocycles. The lowest BCUT2D eigenvalue weighted by Crippen LogP contribution is -2.47. The molecule has 7 nitrogen and oxygen atoms in total. The van der Waals surface area contributed by atoms with E-state index in [0.29, 0.717) is 6.42 Å². The van der Waals surface area contributed by atoms with Gasteiger partial charge in [0.2, 0.25) is 5.76 Å². The number of carbonyl (C=O) groups is 3. The molecule has 2 atom stereocenters. The van der Waals surface area contributed by atoms with Crippen molar-refractivity contribution in [3.8, 4) is 11.3 Å². The van der Waals surface area contributed by atoms with Crippen molar-refractivity contribution in [3.05, 3.63) is 48.0 Å². The molecule has 150 valence electrons. The lowest BCUT2D eigenvalue weighted by atomic mass is 9.99. The minimum absolute atomic E-state index is 0.152. The van der Waals surface area contributed by atoms with Crippen molar-refractivity contribution in [3.63, 3.8) is 0 Å². The van der Waals surface area contributed by atoms with Crippen LogP contribution in [0.3, 0.4) is 0 Å². The zero-order valence-corrected chi connectivity index (χ0v) is 15.9. The molecule has 28 heavy (non-hydrogen) atoms. The average Bonchev–Trinajstić information content (AvgIpc) is 3.19. The Labute approximate surface area is 161 Å². The summed E-state index contributed by atoms with van der Waals surface area (Å²) in [6.45, 7) is 3.07. The summed E-state index contributed by atoms with van der Waals surface area (Å²) in [4.78, 5) is 35.9. The summed E-state index contributed by atoms with van der Waals surface area (Å²) in [6.07, 6.45) is 0.644. The van der Waals surface area contributed by atoms with E-state index in [4.69, 9.17) is 9.15 Å². The number of amides is 1. The first kappa shape index (κ1) is 21.1. The molecule has 1 heterocycles. The first-order chi connectivity index (χ1) is 13.4. The molecule has 2 aromatic rings. The molecule has 0 bridgehead atoms. The molecule has 0 aliphatic carbocycles. The van der Waals surface area contributed by atoms with Gasteiger partial charge in [0.05, 0.1) is 12.7 Å². The number of methoxy groups -OCH3 is 1. The molecule has 1 N–H and O–H groups in total. The average molecular weight is 391 g/mol. The predicted molar refractivity (Wildman–Crippen MR) is 97.8 cm³/mol. The monoisotopic (exact) mass is 391 g/mol.